The number of aldehydes is 1. The molecule has 6 atom stereocenters. The first kappa shape index (κ1) is 44.5. The van der Waals surface area contributed by atoms with Crippen molar-refractivity contribution in [1.82, 2.24) is 4.90 Å². The van der Waals surface area contributed by atoms with Gasteiger partial charge in [-0.2, -0.15) is 0 Å². The third-order valence-corrected chi connectivity index (χ3v) is 12.7. The Hall–Kier alpha value is -6.15. The normalized spacial score (nSPS) is 23.2. The van der Waals surface area contributed by atoms with Gasteiger partial charge in [-0.25, -0.2) is 4.79 Å². The van der Waals surface area contributed by atoms with E-state index in [1.807, 2.05) is 66.7 Å². The van der Waals surface area contributed by atoms with Crippen LogP contribution in [-0.2, 0) is 27.5 Å². The van der Waals surface area contributed by atoms with Crippen LogP contribution in [0.2, 0.25) is 0 Å². The fourth-order valence-electron chi connectivity index (χ4n) is 9.91. The Bertz CT molecular complexity index is 2330. The number of oxime groups is 1. The minimum atomic E-state index is -1.51. The van der Waals surface area contributed by atoms with E-state index in [0.717, 1.165) is 54.2 Å². The fraction of sp³-hybridized carbons (Fsp3) is 0.392. The van der Waals surface area contributed by atoms with Crippen LogP contribution in [0.4, 0.5) is 4.79 Å². The van der Waals surface area contributed by atoms with Gasteiger partial charge in [0.1, 0.15) is 36.2 Å². The fourth-order valence-corrected chi connectivity index (χ4v) is 9.91. The molecule has 13 heteroatoms. The van der Waals surface area contributed by atoms with Crippen LogP contribution in [0, 0.1) is 17.8 Å². The number of hydrogen-bond acceptors (Lipinski definition) is 12. The van der Waals surface area contributed by atoms with Gasteiger partial charge in [-0.3, -0.25) is 9.69 Å². The Balaban J connectivity index is 1.32. The van der Waals surface area contributed by atoms with Gasteiger partial charge < -0.3 is 43.5 Å². The maximum Gasteiger partial charge on any atom is 0.410 e. The monoisotopic (exact) mass is 872 g/mol. The second kappa shape index (κ2) is 20.6. The number of unbranched alkanes of at least 4 members (excludes halogenated alkanes) is 2. The van der Waals surface area contributed by atoms with Crippen LogP contribution in [-0.4, -0.2) is 78.8 Å². The largest absolute Gasteiger partial charge is 0.459 e. The van der Waals surface area contributed by atoms with Gasteiger partial charge in [0, 0.05) is 43.2 Å². The molecule has 0 bridgehead atoms. The van der Waals surface area contributed by atoms with Crippen molar-refractivity contribution >= 4 is 18.1 Å². The first-order valence-electron chi connectivity index (χ1n) is 22.1. The van der Waals surface area contributed by atoms with Crippen LogP contribution >= 0.6 is 0 Å². The maximum absolute atomic E-state index is 14.4. The third kappa shape index (κ3) is 9.38. The average molecular weight is 873 g/mol. The summed E-state index contributed by atoms with van der Waals surface area (Å²) in [6, 6.07) is 27.3. The van der Waals surface area contributed by atoms with E-state index in [-0.39, 0.29) is 63.9 Å². The molecule has 0 radical (unpaired) electrons. The van der Waals surface area contributed by atoms with Crippen LogP contribution < -0.4 is 18.9 Å². The second-order valence-corrected chi connectivity index (χ2v) is 16.6. The molecule has 2 N–H and O–H groups in total. The molecule has 64 heavy (non-hydrogen) atoms. The Morgan fingerprint density at radius 2 is 1.67 bits per heavy atom. The molecule has 336 valence electrons. The molecule has 4 aromatic rings. The lowest BCUT2D eigenvalue weighted by atomic mass is 9.55. The van der Waals surface area contributed by atoms with Crippen LogP contribution in [0.25, 0.3) is 0 Å². The highest BCUT2D eigenvalue weighted by atomic mass is 16.7. The predicted molar refractivity (Wildman–Crippen MR) is 239 cm³/mol. The molecule has 8 rings (SSSR count). The molecule has 2 aliphatic carbocycles. The molecule has 1 saturated carbocycles. The first-order valence-corrected chi connectivity index (χ1v) is 22.1. The van der Waals surface area contributed by atoms with E-state index in [4.69, 9.17) is 38.4 Å². The number of ether oxygens (including phenoxy) is 6. The molecule has 1 fully saturated rings. The van der Waals surface area contributed by atoms with E-state index in [1.165, 1.54) is 7.11 Å². The summed E-state index contributed by atoms with van der Waals surface area (Å²) in [6.07, 6.45) is 8.74. The number of hydrogen-bond donors (Lipinski definition) is 2. The number of allylic oxidation sites excluding steroid dienone is 1. The summed E-state index contributed by atoms with van der Waals surface area (Å²) in [4.78, 5) is 33.9. The Labute approximate surface area is 373 Å². The number of aliphatic hydroxyl groups is 2. The van der Waals surface area contributed by atoms with E-state index in [2.05, 4.69) is 12.7 Å². The number of carbonyl (C=O) groups is 2. The van der Waals surface area contributed by atoms with Gasteiger partial charge in [0.25, 0.3) is 0 Å². The highest BCUT2D eigenvalue weighted by Crippen LogP contribution is 2.62. The number of fused-ring (bicyclic) bond motifs is 3. The number of benzene rings is 4. The van der Waals surface area contributed by atoms with Crippen molar-refractivity contribution in [2.24, 2.45) is 22.9 Å². The van der Waals surface area contributed by atoms with Gasteiger partial charge in [-0.15, -0.1) is 6.58 Å². The van der Waals surface area contributed by atoms with Crippen LogP contribution in [0.5, 0.6) is 28.7 Å². The highest BCUT2D eigenvalue weighted by molar-refractivity contribution is 6.03. The molecule has 2 heterocycles. The molecule has 0 saturated heterocycles. The summed E-state index contributed by atoms with van der Waals surface area (Å²) in [6.45, 7) is 4.71. The second-order valence-electron chi connectivity index (χ2n) is 16.6. The summed E-state index contributed by atoms with van der Waals surface area (Å²) >= 11 is 0. The molecule has 2 aliphatic heterocycles. The van der Waals surface area contributed by atoms with Gasteiger partial charge in [-0.1, -0.05) is 78.7 Å². The van der Waals surface area contributed by atoms with Crippen molar-refractivity contribution in [2.45, 2.75) is 75.8 Å². The van der Waals surface area contributed by atoms with Crippen LogP contribution in [0.15, 0.2) is 120 Å². The molecular formula is C51H56N2O11. The van der Waals surface area contributed by atoms with E-state index in [9.17, 15) is 19.8 Å². The number of aliphatic hydroxyl groups excluding tert-OH is 2. The predicted octanol–water partition coefficient (Wildman–Crippen LogP) is 9.12. The van der Waals surface area contributed by atoms with Crippen LogP contribution in [0.1, 0.15) is 77.9 Å². The molecule has 0 spiro atoms. The van der Waals surface area contributed by atoms with Gasteiger partial charge in [0.05, 0.1) is 25.3 Å². The minimum Gasteiger partial charge on any atom is -0.459 e. The molecule has 13 nitrogen and oxygen atoms in total. The van der Waals surface area contributed by atoms with Crippen LogP contribution in [0.3, 0.4) is 0 Å². The van der Waals surface area contributed by atoms with E-state index in [1.54, 1.807) is 35.2 Å². The van der Waals surface area contributed by atoms with Crippen molar-refractivity contribution in [3.05, 3.63) is 138 Å². The van der Waals surface area contributed by atoms with Gasteiger partial charge >= 0.3 is 6.09 Å². The summed E-state index contributed by atoms with van der Waals surface area (Å²) < 4.78 is 37.8. The Morgan fingerprint density at radius 1 is 0.891 bits per heavy atom. The van der Waals surface area contributed by atoms with Crippen molar-refractivity contribution in [1.29, 1.82) is 0 Å². The molecule has 4 aromatic carbocycles. The highest BCUT2D eigenvalue weighted by Gasteiger charge is 2.65. The van der Waals surface area contributed by atoms with Gasteiger partial charge in [0.15, 0.2) is 11.5 Å². The summed E-state index contributed by atoms with van der Waals surface area (Å²) in [5.41, 5.74) is 4.66. The minimum absolute atomic E-state index is 0.00679. The SMILES string of the molecule is C=CCOC12Oc3ccc(Oc4cccc(C=O)c4)cc3C3C(CCCCO)C(CCCCO)C=C(C(=NOCc4ccccc4)CC1N(Cc1ccc4c(c1)OCO4)C(=O)OC)C32. The Morgan fingerprint density at radius 3 is 2.45 bits per heavy atom. The number of methoxy groups -OCH3 is 1. The van der Waals surface area contributed by atoms with Crippen molar-refractivity contribution in [3.8, 4) is 28.7 Å². The van der Waals surface area contributed by atoms with E-state index in [0.29, 0.717) is 52.9 Å². The zero-order valence-electron chi connectivity index (χ0n) is 36.1. The summed E-state index contributed by atoms with van der Waals surface area (Å²) in [7, 11) is 1.36. The van der Waals surface area contributed by atoms with Crippen molar-refractivity contribution in [3.63, 3.8) is 0 Å². The molecule has 6 unspecified atom stereocenters. The van der Waals surface area contributed by atoms with Crippen molar-refractivity contribution in [2.75, 3.05) is 33.7 Å². The lowest BCUT2D eigenvalue weighted by Crippen LogP contribution is -2.70. The number of nitrogens with zero attached hydrogens (tertiary/aromatic N) is 2. The van der Waals surface area contributed by atoms with E-state index >= 15 is 0 Å². The number of amides is 1. The lowest BCUT2D eigenvalue weighted by Gasteiger charge is -2.59. The van der Waals surface area contributed by atoms with Gasteiger partial charge in [-0.05, 0) is 96.7 Å². The zero-order valence-corrected chi connectivity index (χ0v) is 36.1. The molecular weight excluding hydrogens is 817 g/mol. The topological polar surface area (TPSA) is 155 Å². The molecule has 4 aliphatic rings. The summed E-state index contributed by atoms with van der Waals surface area (Å²) in [5.74, 6) is 0.504. The average Bonchev–Trinajstić information content (AvgIpc) is 3.80. The number of rotatable bonds is 20. The lowest BCUT2D eigenvalue weighted by molar-refractivity contribution is -0.256. The number of carbonyl (C=O) groups excluding carboxylic acids is 2. The Kier molecular flexibility index (Phi) is 14.3. The van der Waals surface area contributed by atoms with Crippen molar-refractivity contribution < 1.29 is 53.1 Å². The zero-order chi connectivity index (χ0) is 44.5. The van der Waals surface area contributed by atoms with E-state index < -0.39 is 23.8 Å². The standard InChI is InChI=1S/C51H56N2O11/c1-3-24-61-51-47(53(50(57)58-2)30-35-18-20-45-46(26-35)60-33-59-45)29-43(52-62-32-34-12-5-4-6-13-34)41-27-37(15-7-9-22-54)40(17-8-10-23-55)48(49(41)51)42-28-39(19-21-44(42)64-51)63-38-16-11-14-36(25-38)31-56/h3-6,11-14,16,18-21,25-28,31,37,40,47-49,54-55H,1,7-10,15,17,22-24,29-30,32-33H2,2H3. The smallest absolute Gasteiger partial charge is 0.410 e. The first-order chi connectivity index (χ1) is 31.4. The maximum atomic E-state index is 14.4. The quantitative estimate of drug-likeness (QED) is 0.0378. The summed E-state index contributed by atoms with van der Waals surface area (Å²) in [5, 5.41) is 24.9. The molecule has 0 aromatic heterocycles. The van der Waals surface area contributed by atoms with Gasteiger partial charge in [0.2, 0.25) is 12.6 Å². The third-order valence-electron chi connectivity index (χ3n) is 12.7. The molecule has 1 amide bonds.